The molecular formula is C31H45I2N2O2-. The Morgan fingerprint density at radius 3 is 2.68 bits per heavy atom. The van der Waals surface area contributed by atoms with Crippen LogP contribution in [0.1, 0.15) is 84.5 Å². The molecule has 0 radical (unpaired) electrons. The van der Waals surface area contributed by atoms with Crippen LogP contribution in [0.2, 0.25) is 0 Å². The molecule has 0 spiro atoms. The molecule has 0 saturated carbocycles. The summed E-state index contributed by atoms with van der Waals surface area (Å²) in [6, 6.07) is 0. The molecule has 37 heavy (non-hydrogen) atoms. The van der Waals surface area contributed by atoms with Crippen LogP contribution in [0.25, 0.3) is 0 Å². The van der Waals surface area contributed by atoms with Crippen LogP contribution < -0.4 is 26.5 Å². The van der Waals surface area contributed by atoms with Gasteiger partial charge in [0.05, 0.1) is 5.41 Å². The van der Waals surface area contributed by atoms with Crippen molar-refractivity contribution in [2.24, 2.45) is 5.41 Å². The van der Waals surface area contributed by atoms with Crippen LogP contribution in [0.3, 0.4) is 0 Å². The number of carbonyl (C=O) groups excluding carboxylic acids is 2. The molecule has 3 aliphatic carbocycles. The quantitative estimate of drug-likeness (QED) is 0.148. The van der Waals surface area contributed by atoms with Crippen molar-refractivity contribution < 1.29 is 30.8 Å². The summed E-state index contributed by atoms with van der Waals surface area (Å²) in [5, 5.41) is 3.07. The number of alkyl halides is 1. The van der Waals surface area contributed by atoms with Crippen LogP contribution in [-0.4, -0.2) is 47.2 Å². The number of nitrogens with zero attached hydrogens (tertiary/aromatic N) is 1. The molecule has 1 atom stereocenters. The zero-order valence-corrected chi connectivity index (χ0v) is 27.1. The third kappa shape index (κ3) is 8.37. The average Bonchev–Trinajstić information content (AvgIpc) is 3.20. The molecule has 0 aromatic rings. The number of hydrogen-bond donors (Lipinski definition) is 1. The molecular weight excluding hydrogens is 686 g/mol. The van der Waals surface area contributed by atoms with Crippen LogP contribution in [0, 0.1) is 5.41 Å². The maximum absolute atomic E-state index is 13.3. The molecule has 0 bridgehead atoms. The van der Waals surface area contributed by atoms with Gasteiger partial charge in [0.1, 0.15) is 5.78 Å². The first-order valence-electron chi connectivity index (χ1n) is 14.1. The summed E-state index contributed by atoms with van der Waals surface area (Å²) >= 11 is 2.42. The van der Waals surface area contributed by atoms with Gasteiger partial charge in [-0.15, -0.1) is 0 Å². The van der Waals surface area contributed by atoms with E-state index >= 15 is 0 Å². The van der Waals surface area contributed by atoms with E-state index in [1.54, 1.807) is 5.57 Å². The van der Waals surface area contributed by atoms with Crippen molar-refractivity contribution in [3.63, 3.8) is 0 Å². The summed E-state index contributed by atoms with van der Waals surface area (Å²) in [4.78, 5) is 27.9. The van der Waals surface area contributed by atoms with Crippen LogP contribution in [0.15, 0.2) is 54.8 Å². The Bertz CT molecular complexity index is 947. The molecule has 3 rings (SSSR count). The number of unbranched alkanes of at least 4 members (excludes halogenated alkanes) is 1. The van der Waals surface area contributed by atoms with Crippen LogP contribution in [-0.2, 0) is 9.59 Å². The van der Waals surface area contributed by atoms with Crippen molar-refractivity contribution in [1.82, 2.24) is 10.2 Å². The summed E-state index contributed by atoms with van der Waals surface area (Å²) in [5.41, 5.74) is 5.59. The minimum absolute atomic E-state index is 0.0397. The number of Topliss-reactive ketones (excluding diaryl/α,β-unsaturated/α-hetero) is 1. The smallest absolute Gasteiger partial charge is 0.299 e. The second kappa shape index (κ2) is 16.4. The standard InChI is InChI=1S/C31H45I2N2O2/c1-3-19-33-20-10-16-30(37)34-21-11-23-35(24-18-32)22-9-8-17-31(25(2)36)28-14-6-4-12-26(28)27-13-5-7-15-29(27)31/h3,6,10,14,19-20H,4-5,7-9,11-13,15-18,21-24H2,1-2H3,(H,34,37)/q-1/b19-3-,20-10-. The van der Waals surface area contributed by atoms with Gasteiger partial charge in [-0.2, -0.15) is 0 Å². The van der Waals surface area contributed by atoms with Gasteiger partial charge in [-0.25, -0.2) is 0 Å². The Morgan fingerprint density at radius 1 is 1.08 bits per heavy atom. The maximum atomic E-state index is 13.3. The Balaban J connectivity index is 1.47. The number of fused-ring (bicyclic) bond motifs is 1. The predicted molar refractivity (Wildman–Crippen MR) is 159 cm³/mol. The van der Waals surface area contributed by atoms with Crippen molar-refractivity contribution in [3.8, 4) is 0 Å². The fraction of sp³-hybridized carbons (Fsp3) is 0.613. The third-order valence-electron chi connectivity index (χ3n) is 7.89. The first-order chi connectivity index (χ1) is 18.0. The van der Waals surface area contributed by atoms with Crippen molar-refractivity contribution in [2.45, 2.75) is 84.5 Å². The van der Waals surface area contributed by atoms with Crippen molar-refractivity contribution in [2.75, 3.05) is 30.6 Å². The molecule has 1 unspecified atom stereocenters. The molecule has 4 nitrogen and oxygen atoms in total. The molecule has 3 aliphatic rings. The van der Waals surface area contributed by atoms with E-state index in [1.165, 1.54) is 36.0 Å². The monoisotopic (exact) mass is 731 g/mol. The minimum Gasteiger partial charge on any atom is -0.299 e. The number of allylic oxidation sites excluding steroid dienone is 7. The van der Waals surface area contributed by atoms with E-state index in [-0.39, 0.29) is 32.5 Å². The molecule has 0 aliphatic heterocycles. The molecule has 0 aromatic carbocycles. The number of nitrogens with one attached hydrogen (secondary N) is 1. The molecule has 1 amide bonds. The zero-order chi connectivity index (χ0) is 26.5. The molecule has 0 heterocycles. The van der Waals surface area contributed by atoms with Gasteiger partial charge < -0.3 is 0 Å². The summed E-state index contributed by atoms with van der Waals surface area (Å²) in [7, 11) is 0. The third-order valence-corrected chi connectivity index (χ3v) is 10.4. The first-order valence-corrected chi connectivity index (χ1v) is 18.1. The van der Waals surface area contributed by atoms with E-state index in [1.807, 2.05) is 19.9 Å². The Hall–Kier alpha value is -0.740. The van der Waals surface area contributed by atoms with Crippen molar-refractivity contribution in [3.05, 3.63) is 54.8 Å². The van der Waals surface area contributed by atoms with Gasteiger partial charge in [0.2, 0.25) is 0 Å². The van der Waals surface area contributed by atoms with E-state index in [2.05, 4.69) is 59.2 Å². The van der Waals surface area contributed by atoms with Gasteiger partial charge in [0.15, 0.2) is 0 Å². The Kier molecular flexibility index (Phi) is 13.6. The van der Waals surface area contributed by atoms with E-state index in [0.29, 0.717) is 12.2 Å². The molecule has 206 valence electrons. The van der Waals surface area contributed by atoms with Gasteiger partial charge in [0, 0.05) is 0 Å². The first kappa shape index (κ1) is 30.8. The van der Waals surface area contributed by atoms with Gasteiger partial charge in [-0.3, -0.25) is 4.79 Å². The molecule has 1 N–H and O–H groups in total. The zero-order valence-electron chi connectivity index (χ0n) is 22.8. The molecule has 0 fully saturated rings. The number of hydrogen-bond acceptors (Lipinski definition) is 3. The van der Waals surface area contributed by atoms with Crippen LogP contribution >= 0.6 is 22.6 Å². The topological polar surface area (TPSA) is 49.4 Å². The number of rotatable bonds is 16. The summed E-state index contributed by atoms with van der Waals surface area (Å²) in [6.45, 7) is 7.77. The second-order valence-corrected chi connectivity index (χ2v) is 13.5. The average molecular weight is 732 g/mol. The number of halogens is 2. The number of ketones is 1. The van der Waals surface area contributed by atoms with E-state index < -0.39 is 0 Å². The SMILES string of the molecule is C/C=C\[I-]/C=C\CC(=O)NCCCN(CCI)CCCCC1(C(C)=O)C2=C(CCC=C2)C2=C1CCCC2. The number of amides is 1. The molecule has 0 aromatic heterocycles. The van der Waals surface area contributed by atoms with Gasteiger partial charge in [-0.1, -0.05) is 12.2 Å². The van der Waals surface area contributed by atoms with E-state index in [0.717, 1.165) is 75.6 Å². The summed E-state index contributed by atoms with van der Waals surface area (Å²) in [6.07, 6.45) is 20.3. The molecule has 6 heteroatoms. The summed E-state index contributed by atoms with van der Waals surface area (Å²) in [5.74, 6) is 0.478. The molecule has 0 saturated heterocycles. The van der Waals surface area contributed by atoms with Gasteiger partial charge in [-0.05, 0) is 74.2 Å². The van der Waals surface area contributed by atoms with Gasteiger partial charge in [0.25, 0.3) is 0 Å². The van der Waals surface area contributed by atoms with Crippen LogP contribution in [0.4, 0.5) is 0 Å². The Labute approximate surface area is 249 Å². The Morgan fingerprint density at radius 2 is 1.89 bits per heavy atom. The van der Waals surface area contributed by atoms with E-state index in [9.17, 15) is 9.59 Å². The van der Waals surface area contributed by atoms with Gasteiger partial charge >= 0.3 is 148 Å². The fourth-order valence-electron chi connectivity index (χ4n) is 6.21. The summed E-state index contributed by atoms with van der Waals surface area (Å²) < 4.78 is 5.45. The van der Waals surface area contributed by atoms with Crippen molar-refractivity contribution >= 4 is 34.3 Å². The van der Waals surface area contributed by atoms with E-state index in [4.69, 9.17) is 0 Å². The minimum atomic E-state index is -0.344. The van der Waals surface area contributed by atoms with Crippen molar-refractivity contribution in [1.29, 1.82) is 0 Å². The number of carbonyl (C=O) groups is 2. The second-order valence-electron chi connectivity index (χ2n) is 10.3. The normalized spacial score (nSPS) is 21.5. The fourth-order valence-corrected chi connectivity index (χ4v) is 8.10. The predicted octanol–water partition coefficient (Wildman–Crippen LogP) is 4.03. The van der Waals surface area contributed by atoms with Crippen LogP contribution in [0.5, 0.6) is 0 Å².